The van der Waals surface area contributed by atoms with Gasteiger partial charge in [-0.2, -0.15) is 26.3 Å². The van der Waals surface area contributed by atoms with E-state index in [9.17, 15) is 31.1 Å². The number of aldehydes is 1. The lowest BCUT2D eigenvalue weighted by Gasteiger charge is -2.43. The molecule has 1 fully saturated rings. The maximum Gasteiger partial charge on any atom is 0.416 e. The molecule has 4 nitrogen and oxygen atoms in total. The first kappa shape index (κ1) is 27.8. The van der Waals surface area contributed by atoms with Gasteiger partial charge in [-0.05, 0) is 54.3 Å². The topological polar surface area (TPSA) is 42.4 Å². The van der Waals surface area contributed by atoms with Crippen LogP contribution >= 0.6 is 0 Å². The van der Waals surface area contributed by atoms with Gasteiger partial charge in [0.15, 0.2) is 0 Å². The van der Waals surface area contributed by atoms with E-state index in [0.717, 1.165) is 11.8 Å². The molecule has 0 N–H and O–H groups in total. The van der Waals surface area contributed by atoms with Gasteiger partial charge in [0.2, 0.25) is 0 Å². The zero-order valence-corrected chi connectivity index (χ0v) is 20.3. The minimum atomic E-state index is -4.92. The van der Waals surface area contributed by atoms with Crippen molar-refractivity contribution in [3.63, 3.8) is 0 Å². The molecule has 202 valence electrons. The number of hydrogen-bond donors (Lipinski definition) is 0. The molecule has 0 radical (unpaired) electrons. The fourth-order valence-corrected chi connectivity index (χ4v) is 4.90. The Labute approximate surface area is 216 Å². The van der Waals surface area contributed by atoms with E-state index in [1.165, 1.54) is 0 Å². The number of alkyl halides is 6. The third-order valence-electron chi connectivity index (χ3n) is 6.95. The van der Waals surface area contributed by atoms with Crippen LogP contribution in [0.1, 0.15) is 46.8 Å². The second-order valence-corrected chi connectivity index (χ2v) is 9.42. The average Bonchev–Trinajstić information content (AvgIpc) is 2.90. The van der Waals surface area contributed by atoms with Gasteiger partial charge in [-0.3, -0.25) is 9.88 Å². The lowest BCUT2D eigenvalue weighted by atomic mass is 9.73. The Balaban J connectivity index is 1.52. The lowest BCUT2D eigenvalue weighted by Crippen LogP contribution is -2.46. The van der Waals surface area contributed by atoms with Crippen LogP contribution in [-0.2, 0) is 33.9 Å². The molecule has 0 bridgehead atoms. The van der Waals surface area contributed by atoms with Crippen LogP contribution in [0.5, 0.6) is 0 Å². The molecule has 2 heterocycles. The van der Waals surface area contributed by atoms with Crippen LogP contribution in [0.4, 0.5) is 26.3 Å². The Kier molecular flexibility index (Phi) is 8.22. The minimum absolute atomic E-state index is 0.0950. The van der Waals surface area contributed by atoms with Crippen LogP contribution in [0.25, 0.3) is 0 Å². The number of nitrogens with zero attached hydrogens (tertiary/aromatic N) is 2. The predicted octanol–water partition coefficient (Wildman–Crippen LogP) is 6.61. The molecule has 2 aromatic carbocycles. The number of piperidine rings is 1. The molecule has 0 saturated carbocycles. The number of aromatic nitrogens is 1. The average molecular weight is 537 g/mol. The Morgan fingerprint density at radius 3 is 2.03 bits per heavy atom. The first-order valence-corrected chi connectivity index (χ1v) is 12.0. The monoisotopic (exact) mass is 536 g/mol. The van der Waals surface area contributed by atoms with E-state index in [1.54, 1.807) is 18.3 Å². The minimum Gasteiger partial charge on any atom is -0.376 e. The summed E-state index contributed by atoms with van der Waals surface area (Å²) in [6.07, 6.45) is -6.22. The van der Waals surface area contributed by atoms with Crippen molar-refractivity contribution in [2.24, 2.45) is 0 Å². The number of pyridine rings is 1. The van der Waals surface area contributed by atoms with Crippen LogP contribution in [0, 0.1) is 0 Å². The molecule has 1 aromatic heterocycles. The highest BCUT2D eigenvalue weighted by molar-refractivity contribution is 5.60. The van der Waals surface area contributed by atoms with Crippen LogP contribution in [0.15, 0.2) is 72.9 Å². The molecule has 1 aliphatic heterocycles. The number of rotatable bonds is 8. The second kappa shape index (κ2) is 11.2. The molecule has 0 amide bonds. The molecule has 10 heteroatoms. The molecular weight excluding hydrogens is 510 g/mol. The fraction of sp³-hybridized carbons (Fsp3) is 0.357. The standard InChI is InChI=1S/C28H26F6N2O2/c29-27(30,31)22-14-20(15-23(16-22)28(32,33)34)18-38-19-26(21-6-2-1-3-7-21)9-12-36(13-10-26)25(17-37)24-8-4-5-11-35-24/h1-8,11,14-17,25H,9-10,12-13,18-19H2. The van der Waals surface area contributed by atoms with Crippen molar-refractivity contribution < 1.29 is 35.9 Å². The highest BCUT2D eigenvalue weighted by Gasteiger charge is 2.39. The Morgan fingerprint density at radius 2 is 1.50 bits per heavy atom. The van der Waals surface area contributed by atoms with E-state index >= 15 is 0 Å². The third-order valence-corrected chi connectivity index (χ3v) is 6.95. The van der Waals surface area contributed by atoms with Gasteiger partial charge in [-0.15, -0.1) is 0 Å². The number of carbonyl (C=O) groups excluding carboxylic acids is 1. The van der Waals surface area contributed by atoms with Crippen LogP contribution in [0.3, 0.4) is 0 Å². The summed E-state index contributed by atoms with van der Waals surface area (Å²) in [5.74, 6) is 0. The summed E-state index contributed by atoms with van der Waals surface area (Å²) in [7, 11) is 0. The lowest BCUT2D eigenvalue weighted by molar-refractivity contribution is -0.143. The molecule has 1 saturated heterocycles. The fourth-order valence-electron chi connectivity index (χ4n) is 4.90. The highest BCUT2D eigenvalue weighted by Crippen LogP contribution is 2.39. The molecule has 0 aliphatic carbocycles. The molecule has 38 heavy (non-hydrogen) atoms. The summed E-state index contributed by atoms with van der Waals surface area (Å²) < 4.78 is 85.3. The molecule has 1 atom stereocenters. The van der Waals surface area contributed by atoms with Crippen LogP contribution < -0.4 is 0 Å². The summed E-state index contributed by atoms with van der Waals surface area (Å²) in [5.41, 5.74) is -1.87. The Hall–Kier alpha value is -3.24. The maximum absolute atomic E-state index is 13.2. The zero-order chi connectivity index (χ0) is 27.4. The van der Waals surface area contributed by atoms with Crippen molar-refractivity contribution in [3.8, 4) is 0 Å². The van der Waals surface area contributed by atoms with Gasteiger partial charge < -0.3 is 9.53 Å². The number of halogens is 6. The first-order valence-electron chi connectivity index (χ1n) is 12.0. The molecular formula is C28H26F6N2O2. The third kappa shape index (κ3) is 6.42. The molecule has 1 unspecified atom stereocenters. The van der Waals surface area contributed by atoms with Gasteiger partial charge in [0.05, 0.1) is 30.0 Å². The summed E-state index contributed by atoms with van der Waals surface area (Å²) in [6, 6.07) is 15.8. The van der Waals surface area contributed by atoms with Gasteiger partial charge in [-0.25, -0.2) is 0 Å². The van der Waals surface area contributed by atoms with Gasteiger partial charge in [0.1, 0.15) is 12.3 Å². The van der Waals surface area contributed by atoms with E-state index in [2.05, 4.69) is 4.98 Å². The molecule has 0 spiro atoms. The number of hydrogen-bond acceptors (Lipinski definition) is 4. The van der Waals surface area contributed by atoms with E-state index < -0.39 is 41.5 Å². The highest BCUT2D eigenvalue weighted by atomic mass is 19.4. The van der Waals surface area contributed by atoms with Gasteiger partial charge in [-0.1, -0.05) is 36.4 Å². The van der Waals surface area contributed by atoms with Crippen molar-refractivity contribution in [1.29, 1.82) is 0 Å². The quantitative estimate of drug-likeness (QED) is 0.240. The van der Waals surface area contributed by atoms with E-state index in [1.807, 2.05) is 41.3 Å². The summed E-state index contributed by atoms with van der Waals surface area (Å²) >= 11 is 0. The van der Waals surface area contributed by atoms with E-state index in [-0.39, 0.29) is 18.2 Å². The van der Waals surface area contributed by atoms with Crippen LogP contribution in [-0.4, -0.2) is 35.9 Å². The molecule has 4 rings (SSSR count). The maximum atomic E-state index is 13.2. The van der Waals surface area contributed by atoms with Gasteiger partial charge in [0.25, 0.3) is 0 Å². The number of benzene rings is 2. The van der Waals surface area contributed by atoms with Crippen LogP contribution in [0.2, 0.25) is 0 Å². The van der Waals surface area contributed by atoms with Crippen molar-refractivity contribution in [2.45, 2.75) is 43.3 Å². The van der Waals surface area contributed by atoms with Crippen molar-refractivity contribution >= 4 is 6.29 Å². The van der Waals surface area contributed by atoms with Crippen molar-refractivity contribution in [3.05, 3.63) is 101 Å². The van der Waals surface area contributed by atoms with E-state index in [0.29, 0.717) is 43.8 Å². The number of carbonyl (C=O) groups is 1. The molecule has 1 aliphatic rings. The summed E-state index contributed by atoms with van der Waals surface area (Å²) in [5, 5.41) is 0. The van der Waals surface area contributed by atoms with Gasteiger partial charge >= 0.3 is 12.4 Å². The number of likely N-dealkylation sites (tertiary alicyclic amines) is 1. The summed E-state index contributed by atoms with van der Waals surface area (Å²) in [6.45, 7) is 0.744. The predicted molar refractivity (Wildman–Crippen MR) is 128 cm³/mol. The Morgan fingerprint density at radius 1 is 0.895 bits per heavy atom. The van der Waals surface area contributed by atoms with E-state index in [4.69, 9.17) is 4.74 Å². The van der Waals surface area contributed by atoms with Crippen molar-refractivity contribution in [1.82, 2.24) is 9.88 Å². The number of ether oxygens (including phenoxy) is 1. The van der Waals surface area contributed by atoms with Gasteiger partial charge in [0, 0.05) is 24.7 Å². The SMILES string of the molecule is O=CC(c1ccccn1)N1CCC(COCc2cc(C(F)(F)F)cc(C(F)(F)F)c2)(c2ccccc2)CC1. The Bertz CT molecular complexity index is 1180. The zero-order valence-electron chi connectivity index (χ0n) is 20.3. The molecule has 3 aromatic rings. The normalized spacial score (nSPS) is 17.2. The largest absolute Gasteiger partial charge is 0.416 e. The first-order chi connectivity index (χ1) is 18.0. The smallest absolute Gasteiger partial charge is 0.376 e. The summed E-state index contributed by atoms with van der Waals surface area (Å²) in [4.78, 5) is 18.2. The second-order valence-electron chi connectivity index (χ2n) is 9.42. The van der Waals surface area contributed by atoms with Crippen molar-refractivity contribution in [2.75, 3.05) is 19.7 Å².